The summed E-state index contributed by atoms with van der Waals surface area (Å²) in [5.74, 6) is 0.0581. The van der Waals surface area contributed by atoms with E-state index in [1.54, 1.807) is 0 Å². The smallest absolute Gasteiger partial charge is 0.177 e. The first-order valence-corrected chi connectivity index (χ1v) is 5.32. The van der Waals surface area contributed by atoms with Crippen LogP contribution in [0.4, 0.5) is 4.39 Å². The third kappa shape index (κ3) is 2.28. The summed E-state index contributed by atoms with van der Waals surface area (Å²) in [6, 6.07) is 0.621. The topological polar surface area (TPSA) is 64.7 Å². The number of benzene rings is 1. The summed E-state index contributed by atoms with van der Waals surface area (Å²) in [6.45, 7) is -0.348. The lowest BCUT2D eigenvalue weighted by molar-refractivity contribution is 0.264. The second kappa shape index (κ2) is 5.47. The first-order valence-electron chi connectivity index (χ1n) is 4.53. The molecule has 0 radical (unpaired) electrons. The first-order chi connectivity index (χ1) is 7.56. The largest absolute Gasteiger partial charge is 0.493 e. The molecule has 0 aliphatic rings. The van der Waals surface area contributed by atoms with Crippen molar-refractivity contribution in [2.24, 2.45) is 5.73 Å². The molecule has 4 nitrogen and oxygen atoms in total. The molecule has 0 aromatic heterocycles. The van der Waals surface area contributed by atoms with E-state index in [0.29, 0.717) is 5.75 Å². The summed E-state index contributed by atoms with van der Waals surface area (Å²) in [5.41, 5.74) is 5.75. The molecule has 0 heterocycles. The van der Waals surface area contributed by atoms with Crippen molar-refractivity contribution < 1.29 is 19.0 Å². The van der Waals surface area contributed by atoms with Gasteiger partial charge in [0.05, 0.1) is 31.3 Å². The maximum atomic E-state index is 13.8. The van der Waals surface area contributed by atoms with Crippen LogP contribution in [0.15, 0.2) is 10.5 Å². The highest BCUT2D eigenvalue weighted by atomic mass is 79.9. The molecule has 6 heteroatoms. The zero-order chi connectivity index (χ0) is 12.3. The Morgan fingerprint density at radius 2 is 2.12 bits per heavy atom. The fraction of sp³-hybridized carbons (Fsp3) is 0.400. The van der Waals surface area contributed by atoms with Gasteiger partial charge in [-0.1, -0.05) is 0 Å². The van der Waals surface area contributed by atoms with Crippen molar-refractivity contribution in [2.75, 3.05) is 20.8 Å². The van der Waals surface area contributed by atoms with Crippen LogP contribution >= 0.6 is 15.9 Å². The van der Waals surface area contributed by atoms with E-state index in [1.165, 1.54) is 20.3 Å². The second-order valence-electron chi connectivity index (χ2n) is 3.12. The van der Waals surface area contributed by atoms with Gasteiger partial charge in [-0.25, -0.2) is 4.39 Å². The van der Waals surface area contributed by atoms with Crippen molar-refractivity contribution >= 4 is 15.9 Å². The molecule has 90 valence electrons. The van der Waals surface area contributed by atoms with E-state index < -0.39 is 11.9 Å². The van der Waals surface area contributed by atoms with Crippen molar-refractivity contribution in [3.63, 3.8) is 0 Å². The van der Waals surface area contributed by atoms with Gasteiger partial charge in [-0.2, -0.15) is 0 Å². The second-order valence-corrected chi connectivity index (χ2v) is 3.91. The minimum Gasteiger partial charge on any atom is -0.493 e. The van der Waals surface area contributed by atoms with Gasteiger partial charge in [0, 0.05) is 5.56 Å². The van der Waals surface area contributed by atoms with Gasteiger partial charge >= 0.3 is 0 Å². The molecule has 1 unspecified atom stereocenters. The van der Waals surface area contributed by atoms with Crippen LogP contribution in [0, 0.1) is 5.82 Å². The highest BCUT2D eigenvalue weighted by Gasteiger charge is 2.21. The normalized spacial score (nSPS) is 12.4. The number of hydrogen-bond donors (Lipinski definition) is 2. The Kier molecular flexibility index (Phi) is 4.52. The van der Waals surface area contributed by atoms with Crippen LogP contribution in [-0.4, -0.2) is 25.9 Å². The molecule has 1 aromatic rings. The minimum absolute atomic E-state index is 0.133. The molecule has 1 rings (SSSR count). The molecule has 0 saturated heterocycles. The summed E-state index contributed by atoms with van der Waals surface area (Å²) in [6.07, 6.45) is 0. The Bertz CT molecular complexity index is 387. The van der Waals surface area contributed by atoms with Crippen molar-refractivity contribution in [1.29, 1.82) is 0 Å². The van der Waals surface area contributed by atoms with Gasteiger partial charge in [-0.15, -0.1) is 0 Å². The van der Waals surface area contributed by atoms with Gasteiger partial charge in [0.15, 0.2) is 11.5 Å². The maximum Gasteiger partial charge on any atom is 0.177 e. The van der Waals surface area contributed by atoms with Gasteiger partial charge in [-0.05, 0) is 22.0 Å². The first kappa shape index (κ1) is 13.2. The van der Waals surface area contributed by atoms with E-state index in [-0.39, 0.29) is 22.4 Å². The quantitative estimate of drug-likeness (QED) is 0.885. The molecule has 0 saturated carbocycles. The van der Waals surface area contributed by atoms with E-state index in [0.717, 1.165) is 0 Å². The summed E-state index contributed by atoms with van der Waals surface area (Å²) in [4.78, 5) is 0. The summed E-state index contributed by atoms with van der Waals surface area (Å²) in [5, 5.41) is 8.91. The van der Waals surface area contributed by atoms with Crippen LogP contribution in [0.1, 0.15) is 11.6 Å². The van der Waals surface area contributed by atoms with Crippen molar-refractivity contribution in [3.8, 4) is 11.5 Å². The van der Waals surface area contributed by atoms with Gasteiger partial charge in [0.25, 0.3) is 0 Å². The molecule has 0 amide bonds. The highest BCUT2D eigenvalue weighted by Crippen LogP contribution is 2.40. The fourth-order valence-electron chi connectivity index (χ4n) is 1.31. The number of nitrogens with two attached hydrogens (primary N) is 1. The lowest BCUT2D eigenvalue weighted by Crippen LogP contribution is -2.16. The third-order valence-electron chi connectivity index (χ3n) is 2.18. The average molecular weight is 294 g/mol. The molecular formula is C10H13BrFNO3. The Morgan fingerprint density at radius 3 is 2.56 bits per heavy atom. The predicted molar refractivity (Wildman–Crippen MR) is 61.2 cm³/mol. The Morgan fingerprint density at radius 1 is 1.50 bits per heavy atom. The molecule has 1 atom stereocenters. The number of halogens is 2. The number of rotatable bonds is 4. The van der Waals surface area contributed by atoms with Crippen LogP contribution < -0.4 is 15.2 Å². The molecule has 3 N–H and O–H groups in total. The summed E-state index contributed by atoms with van der Waals surface area (Å²) < 4.78 is 24.0. The van der Waals surface area contributed by atoms with Crippen LogP contribution in [0.25, 0.3) is 0 Å². The molecule has 0 aliphatic carbocycles. The number of methoxy groups -OCH3 is 2. The zero-order valence-corrected chi connectivity index (χ0v) is 10.5. The van der Waals surface area contributed by atoms with Crippen LogP contribution in [-0.2, 0) is 0 Å². The maximum absolute atomic E-state index is 13.8. The Labute approximate surface area is 101 Å². The lowest BCUT2D eigenvalue weighted by Gasteiger charge is -2.16. The molecule has 1 aromatic carbocycles. The average Bonchev–Trinajstić information content (AvgIpc) is 2.31. The molecule has 16 heavy (non-hydrogen) atoms. The van der Waals surface area contributed by atoms with Gasteiger partial charge < -0.3 is 20.3 Å². The number of aliphatic hydroxyl groups excluding tert-OH is 1. The lowest BCUT2D eigenvalue weighted by atomic mass is 10.1. The van der Waals surface area contributed by atoms with Crippen molar-refractivity contribution in [2.45, 2.75) is 6.04 Å². The van der Waals surface area contributed by atoms with E-state index in [1.807, 2.05) is 0 Å². The van der Waals surface area contributed by atoms with E-state index >= 15 is 0 Å². The third-order valence-corrected chi connectivity index (χ3v) is 2.88. The van der Waals surface area contributed by atoms with E-state index in [4.69, 9.17) is 20.3 Å². The number of hydrogen-bond acceptors (Lipinski definition) is 4. The van der Waals surface area contributed by atoms with Crippen LogP contribution in [0.3, 0.4) is 0 Å². The number of aliphatic hydroxyl groups is 1. The van der Waals surface area contributed by atoms with E-state index in [2.05, 4.69) is 15.9 Å². The fourth-order valence-corrected chi connectivity index (χ4v) is 1.90. The summed E-state index contributed by atoms with van der Waals surface area (Å²) >= 11 is 3.06. The predicted octanol–water partition coefficient (Wildman–Crippen LogP) is 1.60. The minimum atomic E-state index is -0.795. The van der Waals surface area contributed by atoms with Crippen LogP contribution in [0.5, 0.6) is 11.5 Å². The Hall–Kier alpha value is -0.850. The highest BCUT2D eigenvalue weighted by molar-refractivity contribution is 9.10. The van der Waals surface area contributed by atoms with Crippen LogP contribution in [0.2, 0.25) is 0 Å². The molecule has 0 aliphatic heterocycles. The van der Waals surface area contributed by atoms with Crippen molar-refractivity contribution in [1.82, 2.24) is 0 Å². The van der Waals surface area contributed by atoms with E-state index in [9.17, 15) is 4.39 Å². The van der Waals surface area contributed by atoms with Gasteiger partial charge in [0.1, 0.15) is 5.82 Å². The number of ether oxygens (including phenoxy) is 2. The Balaban J connectivity index is 3.38. The SMILES string of the molecule is COc1cc(C(N)CO)c(F)c(Br)c1OC. The van der Waals surface area contributed by atoms with Gasteiger partial charge in [-0.3, -0.25) is 0 Å². The molecule has 0 bridgehead atoms. The van der Waals surface area contributed by atoms with Gasteiger partial charge in [0.2, 0.25) is 0 Å². The molecule has 0 spiro atoms. The zero-order valence-electron chi connectivity index (χ0n) is 8.96. The standard InChI is InChI=1S/C10H13BrFNO3/c1-15-7-3-5(6(13)4-14)9(12)8(11)10(7)16-2/h3,6,14H,4,13H2,1-2H3. The molecular weight excluding hydrogens is 281 g/mol. The monoisotopic (exact) mass is 293 g/mol. The van der Waals surface area contributed by atoms with Crippen molar-refractivity contribution in [3.05, 3.63) is 21.9 Å². The molecule has 0 fully saturated rings. The summed E-state index contributed by atoms with van der Waals surface area (Å²) in [7, 11) is 2.85.